The zero-order valence-electron chi connectivity index (χ0n) is 9.48. The van der Waals surface area contributed by atoms with Gasteiger partial charge in [-0.2, -0.15) is 0 Å². The minimum atomic E-state index is -0.567. The number of alkyl halides is 1. The molecular weight excluding hydrogens is 246 g/mol. The van der Waals surface area contributed by atoms with Crippen molar-refractivity contribution in [1.82, 2.24) is 9.88 Å². The van der Waals surface area contributed by atoms with Gasteiger partial charge in [0.2, 0.25) is 0 Å². The van der Waals surface area contributed by atoms with Crippen LogP contribution in [0.4, 0.5) is 5.82 Å². The highest BCUT2D eigenvalue weighted by atomic mass is 35.5. The van der Waals surface area contributed by atoms with Gasteiger partial charge in [0.25, 0.3) is 5.91 Å². The Morgan fingerprint density at radius 2 is 2.24 bits per heavy atom. The predicted octanol–water partition coefficient (Wildman–Crippen LogP) is 2.01. The van der Waals surface area contributed by atoms with E-state index < -0.39 is 4.92 Å². The number of halogens is 1. The first kappa shape index (κ1) is 13.5. The lowest BCUT2D eigenvalue weighted by Crippen LogP contribution is -2.33. The van der Waals surface area contributed by atoms with Gasteiger partial charge >= 0.3 is 5.82 Å². The summed E-state index contributed by atoms with van der Waals surface area (Å²) < 4.78 is 0. The smallest absolute Gasteiger partial charge is 0.321 e. The molecule has 6 nitrogen and oxygen atoms in total. The number of nitrogens with one attached hydrogen (secondary N) is 1. The molecule has 7 heteroatoms. The second-order valence-corrected chi connectivity index (χ2v) is 3.87. The summed E-state index contributed by atoms with van der Waals surface area (Å²) in [5, 5.41) is 10.5. The lowest BCUT2D eigenvalue weighted by atomic mass is 10.3. The van der Waals surface area contributed by atoms with Crippen molar-refractivity contribution in [3.05, 3.63) is 27.9 Å². The number of aromatic amines is 1. The van der Waals surface area contributed by atoms with E-state index in [-0.39, 0.29) is 17.4 Å². The molecule has 0 radical (unpaired) electrons. The zero-order valence-corrected chi connectivity index (χ0v) is 10.2. The topological polar surface area (TPSA) is 79.2 Å². The minimum absolute atomic E-state index is 0.185. The molecule has 0 fully saturated rings. The maximum Gasteiger partial charge on any atom is 0.321 e. The monoisotopic (exact) mass is 259 g/mol. The van der Waals surface area contributed by atoms with Crippen molar-refractivity contribution in [3.63, 3.8) is 0 Å². The van der Waals surface area contributed by atoms with E-state index in [1.807, 2.05) is 6.92 Å². The van der Waals surface area contributed by atoms with Crippen LogP contribution in [0.25, 0.3) is 0 Å². The summed E-state index contributed by atoms with van der Waals surface area (Å²) in [5.74, 6) is -0.106. The number of aromatic nitrogens is 1. The fourth-order valence-corrected chi connectivity index (χ4v) is 1.68. The lowest BCUT2D eigenvalue weighted by molar-refractivity contribution is -0.389. The SMILES string of the molecule is CCCN(CCCl)C(=O)c1ccc([N+](=O)[O-])[nH]1. The minimum Gasteiger partial charge on any atom is -0.358 e. The number of amides is 1. The van der Waals surface area contributed by atoms with E-state index in [0.29, 0.717) is 19.0 Å². The Kier molecular flexibility index (Phi) is 4.96. The van der Waals surface area contributed by atoms with Crippen molar-refractivity contribution in [3.8, 4) is 0 Å². The van der Waals surface area contributed by atoms with Crippen LogP contribution in [-0.2, 0) is 0 Å². The van der Waals surface area contributed by atoms with Gasteiger partial charge in [0.1, 0.15) is 0 Å². The highest BCUT2D eigenvalue weighted by Crippen LogP contribution is 2.12. The van der Waals surface area contributed by atoms with Gasteiger partial charge in [-0.1, -0.05) is 6.92 Å². The van der Waals surface area contributed by atoms with Crippen LogP contribution < -0.4 is 0 Å². The number of nitro groups is 1. The van der Waals surface area contributed by atoms with Gasteiger partial charge in [-0.05, 0) is 17.4 Å². The fraction of sp³-hybridized carbons (Fsp3) is 0.500. The Morgan fingerprint density at radius 3 is 2.71 bits per heavy atom. The van der Waals surface area contributed by atoms with E-state index in [9.17, 15) is 14.9 Å². The average Bonchev–Trinajstić information content (AvgIpc) is 2.77. The molecule has 1 N–H and O–H groups in total. The molecule has 0 aliphatic rings. The number of rotatable bonds is 6. The molecule has 0 saturated carbocycles. The first-order valence-corrected chi connectivity index (χ1v) is 5.82. The third kappa shape index (κ3) is 3.45. The number of hydrogen-bond acceptors (Lipinski definition) is 3. The maximum atomic E-state index is 12.0. The Labute approximate surface area is 104 Å². The molecule has 0 unspecified atom stereocenters. The summed E-state index contributed by atoms with van der Waals surface area (Å²) >= 11 is 5.61. The number of hydrogen-bond donors (Lipinski definition) is 1. The molecule has 1 aromatic rings. The Morgan fingerprint density at radius 1 is 1.53 bits per heavy atom. The van der Waals surface area contributed by atoms with Gasteiger partial charge in [0.15, 0.2) is 5.69 Å². The van der Waals surface area contributed by atoms with Crippen molar-refractivity contribution < 1.29 is 9.72 Å². The maximum absolute atomic E-state index is 12.0. The van der Waals surface area contributed by atoms with Crippen LogP contribution >= 0.6 is 11.6 Å². The molecule has 94 valence electrons. The number of nitrogens with zero attached hydrogens (tertiary/aromatic N) is 2. The lowest BCUT2D eigenvalue weighted by Gasteiger charge is -2.18. The summed E-state index contributed by atoms with van der Waals surface area (Å²) in [5.41, 5.74) is 0.218. The molecular formula is C10H14ClN3O3. The highest BCUT2D eigenvalue weighted by Gasteiger charge is 2.20. The first-order chi connectivity index (χ1) is 8.10. The zero-order chi connectivity index (χ0) is 12.8. The number of H-pyrrole nitrogens is 1. The molecule has 0 aliphatic heterocycles. The van der Waals surface area contributed by atoms with Crippen LogP contribution in [0.3, 0.4) is 0 Å². The summed E-state index contributed by atoms with van der Waals surface area (Å²) in [6.45, 7) is 2.96. The third-order valence-corrected chi connectivity index (χ3v) is 2.40. The summed E-state index contributed by atoms with van der Waals surface area (Å²) in [7, 11) is 0. The molecule has 0 aromatic carbocycles. The predicted molar refractivity (Wildman–Crippen MR) is 64.4 cm³/mol. The molecule has 0 bridgehead atoms. The molecule has 0 aliphatic carbocycles. The fourth-order valence-electron chi connectivity index (χ4n) is 1.47. The molecule has 1 amide bonds. The van der Waals surface area contributed by atoms with Gasteiger partial charge in [-0.15, -0.1) is 11.6 Å². The van der Waals surface area contributed by atoms with E-state index in [1.54, 1.807) is 4.90 Å². The first-order valence-electron chi connectivity index (χ1n) is 5.28. The molecule has 1 aromatic heterocycles. The van der Waals surface area contributed by atoms with Crippen LogP contribution in [0.15, 0.2) is 12.1 Å². The summed E-state index contributed by atoms with van der Waals surface area (Å²) in [6, 6.07) is 2.69. The van der Waals surface area contributed by atoms with Crippen molar-refractivity contribution in [1.29, 1.82) is 0 Å². The summed E-state index contributed by atoms with van der Waals surface area (Å²) in [4.78, 5) is 25.9. The second kappa shape index (κ2) is 6.24. The van der Waals surface area contributed by atoms with E-state index in [2.05, 4.69) is 4.98 Å². The molecule has 0 saturated heterocycles. The number of carbonyl (C=O) groups is 1. The molecule has 17 heavy (non-hydrogen) atoms. The largest absolute Gasteiger partial charge is 0.358 e. The third-order valence-electron chi connectivity index (χ3n) is 2.23. The van der Waals surface area contributed by atoms with Gasteiger partial charge in [-0.25, -0.2) is 4.98 Å². The van der Waals surface area contributed by atoms with E-state index >= 15 is 0 Å². The second-order valence-electron chi connectivity index (χ2n) is 3.50. The van der Waals surface area contributed by atoms with Gasteiger partial charge in [0, 0.05) is 25.0 Å². The standard InChI is InChI=1S/C10H14ClN3O3/c1-2-6-13(7-5-11)10(15)8-3-4-9(12-8)14(16)17/h3-4,12H,2,5-7H2,1H3. The molecule has 0 spiro atoms. The van der Waals surface area contributed by atoms with Crippen molar-refractivity contribution in [2.24, 2.45) is 0 Å². The normalized spacial score (nSPS) is 10.2. The van der Waals surface area contributed by atoms with E-state index in [0.717, 1.165) is 6.42 Å². The van der Waals surface area contributed by atoms with E-state index in [1.165, 1.54) is 12.1 Å². The molecule has 0 atom stereocenters. The van der Waals surface area contributed by atoms with Crippen LogP contribution in [-0.4, -0.2) is 39.7 Å². The van der Waals surface area contributed by atoms with Crippen molar-refractivity contribution >= 4 is 23.3 Å². The van der Waals surface area contributed by atoms with Crippen molar-refractivity contribution in [2.45, 2.75) is 13.3 Å². The van der Waals surface area contributed by atoms with Gasteiger partial charge in [0.05, 0.1) is 0 Å². The van der Waals surface area contributed by atoms with Crippen LogP contribution in [0.5, 0.6) is 0 Å². The summed E-state index contributed by atoms with van der Waals surface area (Å²) in [6.07, 6.45) is 0.811. The Hall–Kier alpha value is -1.56. The average molecular weight is 260 g/mol. The van der Waals surface area contributed by atoms with Crippen LogP contribution in [0, 0.1) is 10.1 Å². The van der Waals surface area contributed by atoms with Crippen LogP contribution in [0.1, 0.15) is 23.8 Å². The van der Waals surface area contributed by atoms with E-state index in [4.69, 9.17) is 11.6 Å². The van der Waals surface area contributed by atoms with Crippen molar-refractivity contribution in [2.75, 3.05) is 19.0 Å². The molecule has 1 rings (SSSR count). The molecule has 1 heterocycles. The highest BCUT2D eigenvalue weighted by molar-refractivity contribution is 6.18. The van der Waals surface area contributed by atoms with Crippen LogP contribution in [0.2, 0.25) is 0 Å². The Balaban J connectivity index is 2.81. The van der Waals surface area contributed by atoms with Gasteiger partial charge in [-0.3, -0.25) is 4.79 Å². The quantitative estimate of drug-likeness (QED) is 0.482. The van der Waals surface area contributed by atoms with Gasteiger partial charge < -0.3 is 15.0 Å². The number of carbonyl (C=O) groups excluding carboxylic acids is 1. The Bertz CT molecular complexity index is 399.